The van der Waals surface area contributed by atoms with Crippen LogP contribution < -0.4 is 10.6 Å². The zero-order valence-corrected chi connectivity index (χ0v) is 17.4. The van der Waals surface area contributed by atoms with Gasteiger partial charge >= 0.3 is 0 Å². The zero-order chi connectivity index (χ0) is 21.7. The van der Waals surface area contributed by atoms with Gasteiger partial charge in [-0.15, -0.1) is 0 Å². The number of amides is 3. The second-order valence-corrected chi connectivity index (χ2v) is 7.29. The molecule has 0 fully saturated rings. The lowest BCUT2D eigenvalue weighted by Gasteiger charge is -2.24. The maximum absolute atomic E-state index is 13.1. The van der Waals surface area contributed by atoms with Gasteiger partial charge in [0.2, 0.25) is 11.8 Å². The molecule has 0 radical (unpaired) electrons. The molecule has 1 aromatic heterocycles. The number of rotatable bonds is 7. The van der Waals surface area contributed by atoms with Crippen LogP contribution in [0, 0.1) is 0 Å². The SMILES string of the molecule is CNC(=O)c1ccc(CN(C)C(=O)[C@H](Cc2c[nH]c3ccccc23)NC(C)=O)cc1. The summed E-state index contributed by atoms with van der Waals surface area (Å²) in [6.45, 7) is 1.78. The lowest BCUT2D eigenvalue weighted by Crippen LogP contribution is -2.47. The smallest absolute Gasteiger partial charge is 0.251 e. The van der Waals surface area contributed by atoms with Crippen LogP contribution >= 0.6 is 0 Å². The van der Waals surface area contributed by atoms with Crippen LogP contribution in [0.4, 0.5) is 0 Å². The first-order chi connectivity index (χ1) is 14.4. The van der Waals surface area contributed by atoms with Crippen LogP contribution in [0.2, 0.25) is 0 Å². The molecule has 0 aliphatic heterocycles. The van der Waals surface area contributed by atoms with Crippen molar-refractivity contribution in [2.45, 2.75) is 25.9 Å². The van der Waals surface area contributed by atoms with Crippen LogP contribution in [-0.2, 0) is 22.6 Å². The fraction of sp³-hybridized carbons (Fsp3) is 0.261. The van der Waals surface area contributed by atoms with Gasteiger partial charge in [-0.05, 0) is 29.3 Å². The van der Waals surface area contributed by atoms with E-state index in [0.717, 1.165) is 22.0 Å². The molecule has 1 atom stereocenters. The average Bonchev–Trinajstić information content (AvgIpc) is 3.15. The third-order valence-corrected chi connectivity index (χ3v) is 5.01. The van der Waals surface area contributed by atoms with E-state index in [0.29, 0.717) is 18.5 Å². The molecule has 0 aliphatic carbocycles. The van der Waals surface area contributed by atoms with E-state index in [1.165, 1.54) is 6.92 Å². The topological polar surface area (TPSA) is 94.3 Å². The van der Waals surface area contributed by atoms with Crippen LogP contribution in [0.1, 0.15) is 28.4 Å². The average molecular weight is 406 g/mol. The molecule has 0 saturated carbocycles. The fourth-order valence-corrected chi connectivity index (χ4v) is 3.49. The molecule has 0 unspecified atom stereocenters. The Hall–Kier alpha value is -3.61. The van der Waals surface area contributed by atoms with E-state index in [1.807, 2.05) is 42.6 Å². The van der Waals surface area contributed by atoms with Crippen molar-refractivity contribution < 1.29 is 14.4 Å². The van der Waals surface area contributed by atoms with E-state index in [-0.39, 0.29) is 17.7 Å². The zero-order valence-electron chi connectivity index (χ0n) is 17.4. The Labute approximate surface area is 175 Å². The lowest BCUT2D eigenvalue weighted by atomic mass is 10.0. The number of aromatic amines is 1. The largest absolute Gasteiger partial charge is 0.361 e. The van der Waals surface area contributed by atoms with E-state index in [9.17, 15) is 14.4 Å². The summed E-state index contributed by atoms with van der Waals surface area (Å²) in [6.07, 6.45) is 2.27. The summed E-state index contributed by atoms with van der Waals surface area (Å²) in [4.78, 5) is 41.3. The Balaban J connectivity index is 1.74. The second kappa shape index (κ2) is 9.26. The highest BCUT2D eigenvalue weighted by atomic mass is 16.2. The van der Waals surface area contributed by atoms with Crippen molar-refractivity contribution >= 4 is 28.6 Å². The molecular formula is C23H26N4O3. The van der Waals surface area contributed by atoms with Gasteiger partial charge in [0, 0.05) is 56.6 Å². The molecule has 0 aliphatic rings. The molecule has 30 heavy (non-hydrogen) atoms. The predicted octanol–water partition coefficient (Wildman–Crippen LogP) is 2.23. The Morgan fingerprint density at radius 3 is 2.43 bits per heavy atom. The molecule has 7 nitrogen and oxygen atoms in total. The number of fused-ring (bicyclic) bond motifs is 1. The maximum atomic E-state index is 13.1. The van der Waals surface area contributed by atoms with E-state index < -0.39 is 6.04 Å². The first kappa shape index (κ1) is 21.1. The Morgan fingerprint density at radius 1 is 1.07 bits per heavy atom. The number of benzene rings is 2. The van der Waals surface area contributed by atoms with Crippen molar-refractivity contribution in [1.29, 1.82) is 0 Å². The summed E-state index contributed by atoms with van der Waals surface area (Å²) in [5.74, 6) is -0.585. The molecule has 3 rings (SSSR count). The van der Waals surface area contributed by atoms with Crippen molar-refractivity contribution in [1.82, 2.24) is 20.5 Å². The standard InChI is InChI=1S/C23H26N4O3/c1-15(28)26-21(12-18-13-25-20-7-5-4-6-19(18)20)23(30)27(3)14-16-8-10-17(11-9-16)22(29)24-2/h4-11,13,21,25H,12,14H2,1-3H3,(H,24,29)(H,26,28)/t21-/m0/s1. The molecule has 0 spiro atoms. The number of aromatic nitrogens is 1. The van der Waals surface area contributed by atoms with Crippen LogP contribution in [0.25, 0.3) is 10.9 Å². The number of nitrogens with zero attached hydrogens (tertiary/aromatic N) is 1. The van der Waals surface area contributed by atoms with Crippen molar-refractivity contribution in [2.75, 3.05) is 14.1 Å². The fourth-order valence-electron chi connectivity index (χ4n) is 3.49. The first-order valence-electron chi connectivity index (χ1n) is 9.77. The summed E-state index contributed by atoms with van der Waals surface area (Å²) in [5.41, 5.74) is 3.42. The van der Waals surface area contributed by atoms with Crippen LogP contribution in [0.5, 0.6) is 0 Å². The van der Waals surface area contributed by atoms with Crippen molar-refractivity contribution in [3.8, 4) is 0 Å². The van der Waals surface area contributed by atoms with Gasteiger partial charge in [0.1, 0.15) is 6.04 Å². The molecular weight excluding hydrogens is 380 g/mol. The minimum atomic E-state index is -0.670. The van der Waals surface area contributed by atoms with E-state index in [4.69, 9.17) is 0 Å². The van der Waals surface area contributed by atoms with Gasteiger partial charge in [0.05, 0.1) is 0 Å². The summed E-state index contributed by atoms with van der Waals surface area (Å²) in [5, 5.41) is 6.40. The minimum absolute atomic E-state index is 0.157. The Morgan fingerprint density at radius 2 is 1.77 bits per heavy atom. The number of hydrogen-bond acceptors (Lipinski definition) is 3. The van der Waals surface area contributed by atoms with Gasteiger partial charge in [-0.2, -0.15) is 0 Å². The van der Waals surface area contributed by atoms with E-state index in [2.05, 4.69) is 15.6 Å². The summed E-state index contributed by atoms with van der Waals surface area (Å²) in [6, 6.07) is 14.3. The van der Waals surface area contributed by atoms with E-state index >= 15 is 0 Å². The number of likely N-dealkylation sites (N-methyl/N-ethyl adjacent to an activating group) is 1. The quantitative estimate of drug-likeness (QED) is 0.562. The normalized spacial score (nSPS) is 11.7. The minimum Gasteiger partial charge on any atom is -0.361 e. The monoisotopic (exact) mass is 406 g/mol. The van der Waals surface area contributed by atoms with E-state index in [1.54, 1.807) is 31.1 Å². The van der Waals surface area contributed by atoms with Gasteiger partial charge in [0.15, 0.2) is 0 Å². The number of carbonyl (C=O) groups is 3. The number of para-hydroxylation sites is 1. The molecule has 3 N–H and O–H groups in total. The summed E-state index contributed by atoms with van der Waals surface area (Å²) in [7, 11) is 3.29. The Kier molecular flexibility index (Phi) is 6.51. The molecule has 3 aromatic rings. The van der Waals surface area contributed by atoms with Crippen molar-refractivity contribution in [2.24, 2.45) is 0 Å². The molecule has 0 saturated heterocycles. The number of hydrogen-bond donors (Lipinski definition) is 3. The molecule has 3 amide bonds. The molecule has 156 valence electrons. The highest BCUT2D eigenvalue weighted by Crippen LogP contribution is 2.20. The molecule has 1 heterocycles. The summed E-state index contributed by atoms with van der Waals surface area (Å²) >= 11 is 0. The number of carbonyl (C=O) groups excluding carboxylic acids is 3. The van der Waals surface area contributed by atoms with Crippen LogP contribution in [0.3, 0.4) is 0 Å². The third-order valence-electron chi connectivity index (χ3n) is 5.01. The van der Waals surface area contributed by atoms with Gasteiger partial charge in [-0.3, -0.25) is 14.4 Å². The molecule has 0 bridgehead atoms. The van der Waals surface area contributed by atoms with Gasteiger partial charge in [-0.25, -0.2) is 0 Å². The van der Waals surface area contributed by atoms with Gasteiger partial charge < -0.3 is 20.5 Å². The maximum Gasteiger partial charge on any atom is 0.251 e. The lowest BCUT2D eigenvalue weighted by molar-refractivity contribution is -0.135. The summed E-state index contributed by atoms with van der Waals surface area (Å²) < 4.78 is 0. The number of H-pyrrole nitrogens is 1. The van der Waals surface area contributed by atoms with Crippen LogP contribution in [0.15, 0.2) is 54.7 Å². The first-order valence-corrected chi connectivity index (χ1v) is 9.77. The highest BCUT2D eigenvalue weighted by molar-refractivity contribution is 5.94. The van der Waals surface area contributed by atoms with Crippen LogP contribution in [-0.4, -0.2) is 47.7 Å². The van der Waals surface area contributed by atoms with Gasteiger partial charge in [-0.1, -0.05) is 30.3 Å². The highest BCUT2D eigenvalue weighted by Gasteiger charge is 2.24. The van der Waals surface area contributed by atoms with Crippen molar-refractivity contribution in [3.63, 3.8) is 0 Å². The third kappa shape index (κ3) is 4.86. The molecule has 7 heteroatoms. The predicted molar refractivity (Wildman–Crippen MR) is 116 cm³/mol. The van der Waals surface area contributed by atoms with Gasteiger partial charge in [0.25, 0.3) is 5.91 Å². The second-order valence-electron chi connectivity index (χ2n) is 7.29. The van der Waals surface area contributed by atoms with Crippen molar-refractivity contribution in [3.05, 3.63) is 71.4 Å². The number of nitrogens with one attached hydrogen (secondary N) is 3. The Bertz CT molecular complexity index is 1060. The molecule has 2 aromatic carbocycles.